The largest absolute Gasteiger partial charge is 0.376 e. The van der Waals surface area contributed by atoms with E-state index in [2.05, 4.69) is 16.0 Å². The van der Waals surface area contributed by atoms with Crippen LogP contribution in [0.1, 0.15) is 34.9 Å². The van der Waals surface area contributed by atoms with E-state index in [1.54, 1.807) is 0 Å². The molecule has 5 N–H and O–H groups in total. The fraction of sp³-hybridized carbons (Fsp3) is 0.391. The van der Waals surface area contributed by atoms with E-state index in [4.69, 9.17) is 27.2 Å². The predicted octanol–water partition coefficient (Wildman–Crippen LogP) is 3.25. The highest BCUT2D eigenvalue weighted by Crippen LogP contribution is 2.18. The Labute approximate surface area is 193 Å². The van der Waals surface area contributed by atoms with E-state index in [-0.39, 0.29) is 16.3 Å². The number of rotatable bonds is 6. The lowest BCUT2D eigenvalue weighted by Crippen LogP contribution is -2.35. The number of hydrogen-bond donors (Lipinski definition) is 5. The molecule has 0 aromatic heterocycles. The van der Waals surface area contributed by atoms with Gasteiger partial charge in [-0.1, -0.05) is 36.4 Å². The van der Waals surface area contributed by atoms with Crippen LogP contribution in [-0.4, -0.2) is 52.8 Å². The van der Waals surface area contributed by atoms with Gasteiger partial charge in [0.15, 0.2) is 10.9 Å². The van der Waals surface area contributed by atoms with Gasteiger partial charge in [-0.05, 0) is 56.8 Å². The number of amides is 1. The van der Waals surface area contributed by atoms with Gasteiger partial charge in [0, 0.05) is 34.5 Å². The first-order valence-corrected chi connectivity index (χ1v) is 10.6. The van der Waals surface area contributed by atoms with Gasteiger partial charge in [-0.15, -0.1) is 0 Å². The van der Waals surface area contributed by atoms with Crippen LogP contribution in [0.4, 0.5) is 5.69 Å². The summed E-state index contributed by atoms with van der Waals surface area (Å²) < 4.78 is 5.80. The normalized spacial score (nSPS) is 17.8. The van der Waals surface area contributed by atoms with Crippen molar-refractivity contribution in [3.63, 3.8) is 0 Å². The summed E-state index contributed by atoms with van der Waals surface area (Å²) in [6, 6.07) is 19.1. The summed E-state index contributed by atoms with van der Waals surface area (Å²) >= 11 is 5.30. The van der Waals surface area contributed by atoms with Crippen molar-refractivity contribution < 1.29 is 24.0 Å². The van der Waals surface area contributed by atoms with Crippen LogP contribution >= 0.6 is 12.2 Å². The molecule has 0 bridgehead atoms. The molecule has 1 heterocycles. The Bertz CT molecular complexity index is 821. The molecule has 174 valence electrons. The Morgan fingerprint density at radius 2 is 1.65 bits per heavy atom. The minimum absolute atomic E-state index is 0. The highest BCUT2D eigenvalue weighted by atomic mass is 32.1. The number of ether oxygens (including phenoxy) is 1. The molecule has 0 radical (unpaired) electrons. The zero-order valence-electron chi connectivity index (χ0n) is 17.9. The second kappa shape index (κ2) is 12.4. The maximum Gasteiger partial charge on any atom is 0.251 e. The molecule has 2 aromatic carbocycles. The van der Waals surface area contributed by atoms with E-state index in [0.29, 0.717) is 36.3 Å². The maximum absolute atomic E-state index is 12.1. The van der Waals surface area contributed by atoms with Gasteiger partial charge in [-0.3, -0.25) is 4.79 Å². The van der Waals surface area contributed by atoms with E-state index in [0.717, 1.165) is 12.1 Å². The molecule has 1 saturated heterocycles. The molecule has 1 amide bonds. The van der Waals surface area contributed by atoms with E-state index in [1.807, 2.05) is 60.7 Å². The van der Waals surface area contributed by atoms with Gasteiger partial charge in [0.2, 0.25) is 0 Å². The average molecular weight is 452 g/mol. The van der Waals surface area contributed by atoms with E-state index < -0.39 is 5.79 Å². The summed E-state index contributed by atoms with van der Waals surface area (Å²) in [4.78, 5) is 12.1. The fourth-order valence-corrected chi connectivity index (χ4v) is 3.10. The molecular weight excluding hydrogens is 414 g/mol. The number of nitrogens with one attached hydrogen (secondary N) is 3. The van der Waals surface area contributed by atoms with Crippen molar-refractivity contribution in [1.29, 1.82) is 0 Å². The summed E-state index contributed by atoms with van der Waals surface area (Å²) in [6.45, 7) is 4.53. The molecule has 0 aliphatic carbocycles. The molecule has 7 nitrogen and oxygen atoms in total. The fourth-order valence-electron chi connectivity index (χ4n) is 2.90. The number of benzene rings is 2. The predicted molar refractivity (Wildman–Crippen MR) is 132 cm³/mol. The molecule has 0 saturated carbocycles. The number of aliphatic hydroxyl groups is 2. The molecule has 8 heteroatoms. The van der Waals surface area contributed by atoms with E-state index in [9.17, 15) is 4.79 Å². The van der Waals surface area contributed by atoms with Crippen LogP contribution in [0.25, 0.3) is 0 Å². The second-order valence-electron chi connectivity index (χ2n) is 7.83. The number of carbonyl (C=O) groups excluding carboxylic acids is 1. The number of anilines is 1. The number of hydrogen-bond acceptors (Lipinski definition) is 5. The molecule has 0 unspecified atom stereocenters. The van der Waals surface area contributed by atoms with Crippen molar-refractivity contribution in [2.45, 2.75) is 32.2 Å². The Balaban J connectivity index is 0. The van der Waals surface area contributed by atoms with Crippen molar-refractivity contribution >= 4 is 28.9 Å². The van der Waals surface area contributed by atoms with Gasteiger partial charge in [0.25, 0.3) is 5.91 Å². The van der Waals surface area contributed by atoms with Crippen LogP contribution in [-0.2, 0) is 4.74 Å². The van der Waals surface area contributed by atoms with Gasteiger partial charge in [0.1, 0.15) is 0 Å². The van der Waals surface area contributed by atoms with Gasteiger partial charge < -0.3 is 30.9 Å². The Kier molecular flexibility index (Phi) is 9.87. The topological polar surface area (TPSA) is 103 Å². The molecule has 2 aromatic rings. The summed E-state index contributed by atoms with van der Waals surface area (Å²) in [5, 5.41) is 26.1. The minimum Gasteiger partial charge on any atom is -0.376 e. The first kappa shape index (κ1) is 24.7. The highest BCUT2D eigenvalue weighted by molar-refractivity contribution is 7.80. The zero-order valence-corrected chi connectivity index (χ0v) is 18.7. The number of thiocarbonyl (C=S) groups is 1. The molecule has 31 heavy (non-hydrogen) atoms. The summed E-state index contributed by atoms with van der Waals surface area (Å²) in [5.74, 6) is -1.22. The lowest BCUT2D eigenvalue weighted by Gasteiger charge is -2.14. The average Bonchev–Trinajstić information content (AvgIpc) is 3.19. The van der Waals surface area contributed by atoms with Crippen LogP contribution in [0.3, 0.4) is 0 Å². The highest BCUT2D eigenvalue weighted by Gasteiger charge is 2.25. The van der Waals surface area contributed by atoms with Crippen molar-refractivity contribution in [2.75, 3.05) is 25.0 Å². The first-order valence-electron chi connectivity index (χ1n) is 10.2. The lowest BCUT2D eigenvalue weighted by atomic mass is 10.1. The summed E-state index contributed by atoms with van der Waals surface area (Å²) in [5.41, 5.74) is 1.64. The monoisotopic (exact) mass is 451 g/mol. The Hall–Kier alpha value is -2.52. The second-order valence-corrected chi connectivity index (χ2v) is 8.24. The standard InChI is InChI=1S/C20H23N3O2S.C3H8O2.3H2/c24-19(16-7-3-1-4-8-16)21-12-15-11-18(25-14-15)13-22-20(26)23-17-9-5-2-6-10-17;1-3(2,4)5;;;/h1-10,15,18H,11-14H2,(H,21,24)(H2,22,23,26);4-5H,1-2H3;3*1H/t15-,18+;;;;/m1..../s1. The van der Waals surface area contributed by atoms with Crippen molar-refractivity contribution in [3.8, 4) is 0 Å². The quantitative estimate of drug-likeness (QED) is 0.339. The summed E-state index contributed by atoms with van der Waals surface area (Å²) in [7, 11) is 0. The first-order chi connectivity index (χ1) is 14.7. The van der Waals surface area contributed by atoms with E-state index in [1.165, 1.54) is 13.8 Å². The third kappa shape index (κ3) is 10.9. The number of para-hydroxylation sites is 1. The Morgan fingerprint density at radius 3 is 2.26 bits per heavy atom. The van der Waals surface area contributed by atoms with Crippen LogP contribution in [0.2, 0.25) is 0 Å². The Morgan fingerprint density at radius 1 is 1.06 bits per heavy atom. The van der Waals surface area contributed by atoms with Crippen LogP contribution < -0.4 is 16.0 Å². The van der Waals surface area contributed by atoms with Crippen LogP contribution in [0.15, 0.2) is 60.7 Å². The van der Waals surface area contributed by atoms with Gasteiger partial charge in [-0.25, -0.2) is 0 Å². The molecule has 1 aliphatic heterocycles. The maximum atomic E-state index is 12.1. The van der Waals surface area contributed by atoms with Crippen LogP contribution in [0, 0.1) is 5.92 Å². The smallest absolute Gasteiger partial charge is 0.251 e. The van der Waals surface area contributed by atoms with Crippen molar-refractivity contribution in [1.82, 2.24) is 10.6 Å². The molecule has 0 spiro atoms. The SMILES string of the molecule is CC(C)(O)O.O=C(NC[C@@H]1CO[C@H](CNC(=S)Nc2ccccc2)C1)c1ccccc1.[HH].[HH].[HH]. The number of carbonyl (C=O) groups is 1. The van der Waals surface area contributed by atoms with Gasteiger partial charge in [0.05, 0.1) is 12.7 Å². The lowest BCUT2D eigenvalue weighted by molar-refractivity contribution is -0.127. The van der Waals surface area contributed by atoms with Crippen molar-refractivity contribution in [3.05, 3.63) is 66.2 Å². The zero-order chi connectivity index (χ0) is 22.7. The van der Waals surface area contributed by atoms with Gasteiger partial charge in [-0.2, -0.15) is 0 Å². The van der Waals surface area contributed by atoms with Gasteiger partial charge >= 0.3 is 0 Å². The molecule has 1 fully saturated rings. The van der Waals surface area contributed by atoms with Crippen LogP contribution in [0.5, 0.6) is 0 Å². The van der Waals surface area contributed by atoms with Crippen molar-refractivity contribution in [2.24, 2.45) is 5.92 Å². The summed E-state index contributed by atoms with van der Waals surface area (Å²) in [6.07, 6.45) is 1.000. The third-order valence-electron chi connectivity index (χ3n) is 4.27. The molecule has 1 aliphatic rings. The third-order valence-corrected chi connectivity index (χ3v) is 4.52. The van der Waals surface area contributed by atoms with E-state index >= 15 is 0 Å². The molecule has 3 rings (SSSR count). The molecule has 2 atom stereocenters. The molecular formula is C23H37N3O4S. The minimum atomic E-state index is -1.50.